The summed E-state index contributed by atoms with van der Waals surface area (Å²) < 4.78 is 2.75. The van der Waals surface area contributed by atoms with Gasteiger partial charge in [0.05, 0.1) is 6.20 Å². The molecule has 1 amide bonds. The Morgan fingerprint density at radius 2 is 2.14 bits per heavy atom. The molecule has 0 bridgehead atoms. The molecule has 0 saturated heterocycles. The van der Waals surface area contributed by atoms with Gasteiger partial charge in [-0.25, -0.2) is 0 Å². The molecule has 1 saturated carbocycles. The number of hydrogen-bond acceptors (Lipinski definition) is 7. The third-order valence-corrected chi connectivity index (χ3v) is 5.35. The summed E-state index contributed by atoms with van der Waals surface area (Å²) in [5.74, 6) is -0.862. The van der Waals surface area contributed by atoms with E-state index < -0.39 is 17.3 Å². The molecule has 0 spiro atoms. The smallest absolute Gasteiger partial charge is 0.270 e. The fourth-order valence-corrected chi connectivity index (χ4v) is 3.69. The summed E-state index contributed by atoms with van der Waals surface area (Å²) in [5.41, 5.74) is 0.272. The number of aryl methyl sites for hydroxylation is 1. The van der Waals surface area contributed by atoms with Gasteiger partial charge in [0.1, 0.15) is 15.7 Å². The summed E-state index contributed by atoms with van der Waals surface area (Å²) >= 11 is 1.45. The van der Waals surface area contributed by atoms with Crippen molar-refractivity contribution in [3.05, 3.63) is 37.7 Å². The third-order valence-electron chi connectivity index (χ3n) is 4.54. The Balaban J connectivity index is 1.86. The number of rotatable bonds is 6. The van der Waals surface area contributed by atoms with Crippen LogP contribution in [0, 0.1) is 12.8 Å². The normalized spacial score (nSPS) is 14.3. The second-order valence-electron chi connectivity index (χ2n) is 7.58. The zero-order chi connectivity index (χ0) is 20.7. The Hall–Kier alpha value is -3.01. The first-order chi connectivity index (χ1) is 13.8. The Bertz CT molecular complexity index is 1170. The minimum Gasteiger partial charge on any atom is -0.492 e. The van der Waals surface area contributed by atoms with Gasteiger partial charge in [0.15, 0.2) is 5.56 Å². The van der Waals surface area contributed by atoms with Gasteiger partial charge in [0, 0.05) is 18.2 Å². The summed E-state index contributed by atoms with van der Waals surface area (Å²) in [7, 11) is 0. The van der Waals surface area contributed by atoms with Gasteiger partial charge in [-0.05, 0) is 37.8 Å². The van der Waals surface area contributed by atoms with Crippen LogP contribution in [-0.2, 0) is 6.54 Å². The van der Waals surface area contributed by atoms with Crippen LogP contribution in [0.3, 0.4) is 0 Å². The van der Waals surface area contributed by atoms with Crippen molar-refractivity contribution in [2.24, 2.45) is 5.92 Å². The number of aromatic hydroxyl groups is 1. The minimum absolute atomic E-state index is 0.0713. The van der Waals surface area contributed by atoms with E-state index in [0.29, 0.717) is 17.8 Å². The predicted molar refractivity (Wildman–Crippen MR) is 110 cm³/mol. The molecule has 3 heterocycles. The molecule has 9 nitrogen and oxygen atoms in total. The van der Waals surface area contributed by atoms with Crippen LogP contribution in [0.5, 0.6) is 5.88 Å². The Kier molecular flexibility index (Phi) is 4.95. The number of amides is 1. The molecule has 152 valence electrons. The average molecular weight is 414 g/mol. The molecular weight excluding hydrogens is 392 g/mol. The Morgan fingerprint density at radius 3 is 2.76 bits per heavy atom. The van der Waals surface area contributed by atoms with Crippen LogP contribution in [-0.4, -0.2) is 41.4 Å². The van der Waals surface area contributed by atoms with E-state index in [-0.39, 0.29) is 17.5 Å². The summed E-state index contributed by atoms with van der Waals surface area (Å²) in [4.78, 5) is 25.8. The maximum absolute atomic E-state index is 13.2. The first-order valence-electron chi connectivity index (χ1n) is 9.47. The van der Waals surface area contributed by atoms with Crippen LogP contribution < -0.4 is 10.9 Å². The fourth-order valence-electron chi connectivity index (χ4n) is 3.09. The molecule has 3 aromatic heterocycles. The molecule has 3 aromatic rings. The molecule has 0 unspecified atom stereocenters. The van der Waals surface area contributed by atoms with Gasteiger partial charge in [0.2, 0.25) is 5.88 Å². The molecule has 1 aliphatic carbocycles. The van der Waals surface area contributed by atoms with Gasteiger partial charge < -0.3 is 10.4 Å². The molecule has 2 N–H and O–H groups in total. The lowest BCUT2D eigenvalue weighted by atomic mass is 10.2. The molecule has 1 fully saturated rings. The highest BCUT2D eigenvalue weighted by Gasteiger charge is 2.29. The van der Waals surface area contributed by atoms with Gasteiger partial charge >= 0.3 is 0 Å². The van der Waals surface area contributed by atoms with Crippen molar-refractivity contribution in [2.45, 2.75) is 46.2 Å². The number of nitrogens with one attached hydrogen (secondary N) is 1. The lowest BCUT2D eigenvalue weighted by Gasteiger charge is -2.15. The maximum atomic E-state index is 13.2. The van der Waals surface area contributed by atoms with E-state index >= 15 is 0 Å². The maximum Gasteiger partial charge on any atom is 0.270 e. The van der Waals surface area contributed by atoms with E-state index in [9.17, 15) is 14.7 Å². The zero-order valence-corrected chi connectivity index (χ0v) is 17.2. The highest BCUT2D eigenvalue weighted by atomic mass is 32.1. The highest BCUT2D eigenvalue weighted by Crippen LogP contribution is 2.24. The number of hydrogen-bond donors (Lipinski definition) is 2. The third kappa shape index (κ3) is 3.80. The quantitative estimate of drug-likeness (QED) is 0.638. The number of carbonyl (C=O) groups is 1. The largest absolute Gasteiger partial charge is 0.492 e. The van der Waals surface area contributed by atoms with Gasteiger partial charge in [-0.3, -0.25) is 14.2 Å². The van der Waals surface area contributed by atoms with Crippen molar-refractivity contribution < 1.29 is 9.90 Å². The van der Waals surface area contributed by atoms with Crippen LogP contribution >= 0.6 is 11.3 Å². The molecule has 4 rings (SSSR count). The van der Waals surface area contributed by atoms with Crippen molar-refractivity contribution in [2.75, 3.05) is 0 Å². The molecule has 0 radical (unpaired) electrons. The minimum atomic E-state index is -0.564. The average Bonchev–Trinajstić information content (AvgIpc) is 3.20. The summed E-state index contributed by atoms with van der Waals surface area (Å²) in [6.07, 6.45) is 6.89. The second-order valence-corrected chi connectivity index (χ2v) is 8.80. The van der Waals surface area contributed by atoms with E-state index in [1.54, 1.807) is 18.3 Å². The van der Waals surface area contributed by atoms with Crippen LogP contribution in [0.1, 0.15) is 52.6 Å². The van der Waals surface area contributed by atoms with Crippen molar-refractivity contribution in [3.8, 4) is 5.88 Å². The number of nitrogens with zero attached hydrogens (tertiary/aromatic N) is 5. The molecule has 10 heteroatoms. The van der Waals surface area contributed by atoms with Crippen molar-refractivity contribution in [1.82, 2.24) is 29.7 Å². The van der Waals surface area contributed by atoms with Crippen molar-refractivity contribution in [1.29, 1.82) is 0 Å². The van der Waals surface area contributed by atoms with Gasteiger partial charge in [-0.2, -0.15) is 9.61 Å². The van der Waals surface area contributed by atoms with Crippen LogP contribution in [0.25, 0.3) is 17.8 Å². The van der Waals surface area contributed by atoms with Gasteiger partial charge in [-0.15, -0.1) is 10.2 Å². The molecule has 0 aliphatic heterocycles. The lowest BCUT2D eigenvalue weighted by molar-refractivity contribution is 0.0944. The first kappa shape index (κ1) is 19.3. The van der Waals surface area contributed by atoms with E-state index in [1.807, 2.05) is 20.8 Å². The summed E-state index contributed by atoms with van der Waals surface area (Å²) in [5, 5.41) is 27.3. The SMILES string of the molecule is Cc1nnc(/C=C/c2cnn3c(O)c(C(=O)NC4CC4)c(=O)n(CC(C)C)c23)s1. The molecule has 0 atom stereocenters. The zero-order valence-electron chi connectivity index (χ0n) is 16.4. The molecule has 1 aliphatic rings. The van der Waals surface area contributed by atoms with E-state index in [0.717, 1.165) is 22.9 Å². The highest BCUT2D eigenvalue weighted by molar-refractivity contribution is 7.12. The van der Waals surface area contributed by atoms with Crippen molar-refractivity contribution >= 4 is 35.0 Å². The van der Waals surface area contributed by atoms with Gasteiger partial charge in [0.25, 0.3) is 11.5 Å². The Labute approximate surface area is 170 Å². The topological polar surface area (TPSA) is 114 Å². The van der Waals surface area contributed by atoms with Crippen LogP contribution in [0.15, 0.2) is 11.0 Å². The van der Waals surface area contributed by atoms with Crippen LogP contribution in [0.2, 0.25) is 0 Å². The molecular formula is C19H22N6O3S. The lowest BCUT2D eigenvalue weighted by Crippen LogP contribution is -2.36. The second kappa shape index (κ2) is 7.43. The summed E-state index contributed by atoms with van der Waals surface area (Å²) in [6, 6.07) is 0.0713. The fraction of sp³-hybridized carbons (Fsp3) is 0.421. The van der Waals surface area contributed by atoms with Crippen molar-refractivity contribution in [3.63, 3.8) is 0 Å². The monoisotopic (exact) mass is 414 g/mol. The van der Waals surface area contributed by atoms with Gasteiger partial charge in [-0.1, -0.05) is 25.2 Å². The number of carbonyl (C=O) groups excluding carboxylic acids is 1. The van der Waals surface area contributed by atoms with Crippen LogP contribution in [0.4, 0.5) is 0 Å². The number of fused-ring (bicyclic) bond motifs is 1. The van der Waals surface area contributed by atoms with E-state index in [2.05, 4.69) is 20.6 Å². The first-order valence-corrected chi connectivity index (χ1v) is 10.3. The summed E-state index contributed by atoms with van der Waals surface area (Å²) in [6.45, 7) is 6.22. The molecule has 29 heavy (non-hydrogen) atoms. The number of aromatic nitrogens is 5. The predicted octanol–water partition coefficient (Wildman–Crippen LogP) is 2.08. The van der Waals surface area contributed by atoms with E-state index in [4.69, 9.17) is 0 Å². The standard InChI is InChI=1S/C19H22N6O3S/c1-10(2)9-24-17-12(4-7-14-23-22-11(3)29-14)8-20-25(17)19(28)15(18(24)27)16(26)21-13-5-6-13/h4,7-8,10,13,28H,5-6,9H2,1-3H3,(H,21,26)/b7-4+. The van der Waals surface area contributed by atoms with E-state index in [1.165, 1.54) is 20.4 Å². The molecule has 0 aromatic carbocycles. The Morgan fingerprint density at radius 1 is 1.38 bits per heavy atom.